The van der Waals surface area contributed by atoms with E-state index in [2.05, 4.69) is 15.3 Å². The maximum absolute atomic E-state index is 11.5. The van der Waals surface area contributed by atoms with Gasteiger partial charge < -0.3 is 20.9 Å². The highest BCUT2D eigenvalue weighted by Crippen LogP contribution is 2.26. The molecule has 0 radical (unpaired) electrons. The number of anilines is 2. The van der Waals surface area contributed by atoms with Gasteiger partial charge in [-0.1, -0.05) is 0 Å². The maximum atomic E-state index is 11.5. The van der Waals surface area contributed by atoms with E-state index < -0.39 is 0 Å². The molecule has 18 heavy (non-hydrogen) atoms. The number of aromatic amines is 1. The monoisotopic (exact) mass is 251 g/mol. The minimum absolute atomic E-state index is 0.204. The predicted molar refractivity (Wildman–Crippen MR) is 72.8 cm³/mol. The lowest BCUT2D eigenvalue weighted by molar-refractivity contribution is 0.350. The van der Waals surface area contributed by atoms with Crippen LogP contribution in [0.15, 0.2) is 11.1 Å². The van der Waals surface area contributed by atoms with Crippen LogP contribution in [0.25, 0.3) is 0 Å². The Morgan fingerprint density at radius 1 is 1.44 bits per heavy atom. The quantitative estimate of drug-likeness (QED) is 0.720. The molecule has 1 aliphatic carbocycles. The van der Waals surface area contributed by atoms with Crippen molar-refractivity contribution >= 4 is 11.5 Å². The van der Waals surface area contributed by atoms with Crippen molar-refractivity contribution in [2.24, 2.45) is 0 Å². The molecule has 0 amide bonds. The van der Waals surface area contributed by atoms with Crippen molar-refractivity contribution in [3.05, 3.63) is 16.7 Å². The Bertz CT molecular complexity index is 450. The number of nitrogens with two attached hydrogens (primary N) is 1. The van der Waals surface area contributed by atoms with Crippen LogP contribution in [-0.4, -0.2) is 36.1 Å². The van der Waals surface area contributed by atoms with E-state index in [0.29, 0.717) is 17.9 Å². The van der Waals surface area contributed by atoms with E-state index in [4.69, 9.17) is 5.73 Å². The molecule has 0 saturated heterocycles. The molecular formula is C12H21N5O. The molecule has 6 nitrogen and oxygen atoms in total. The zero-order valence-electron chi connectivity index (χ0n) is 10.9. The van der Waals surface area contributed by atoms with Gasteiger partial charge in [-0.25, -0.2) is 4.98 Å². The fourth-order valence-electron chi connectivity index (χ4n) is 2.61. The van der Waals surface area contributed by atoms with Crippen LogP contribution in [0.3, 0.4) is 0 Å². The van der Waals surface area contributed by atoms with Gasteiger partial charge in [-0.3, -0.25) is 4.79 Å². The van der Waals surface area contributed by atoms with Crippen molar-refractivity contribution in [2.75, 3.05) is 24.7 Å². The number of nitrogens with one attached hydrogen (secondary N) is 2. The Hall–Kier alpha value is -1.56. The van der Waals surface area contributed by atoms with Gasteiger partial charge in [0.2, 0.25) is 0 Å². The average Bonchev–Trinajstić information content (AvgIpc) is 2.41. The van der Waals surface area contributed by atoms with Crippen LogP contribution < -0.4 is 21.5 Å². The number of aromatic nitrogens is 2. The van der Waals surface area contributed by atoms with Gasteiger partial charge in [0, 0.05) is 19.1 Å². The lowest BCUT2D eigenvalue weighted by atomic mass is 9.90. The number of H-pyrrole nitrogens is 1. The third kappa shape index (κ3) is 2.48. The first-order valence-corrected chi connectivity index (χ1v) is 6.36. The summed E-state index contributed by atoms with van der Waals surface area (Å²) in [5.74, 6) is 0.589. The van der Waals surface area contributed by atoms with Crippen molar-refractivity contribution < 1.29 is 0 Å². The molecule has 1 saturated carbocycles. The normalized spacial score (nSPS) is 23.9. The summed E-state index contributed by atoms with van der Waals surface area (Å²) in [4.78, 5) is 20.2. The van der Waals surface area contributed by atoms with E-state index in [1.54, 1.807) is 0 Å². The zero-order valence-corrected chi connectivity index (χ0v) is 10.9. The van der Waals surface area contributed by atoms with Gasteiger partial charge in [-0.05, 0) is 32.7 Å². The van der Waals surface area contributed by atoms with Gasteiger partial charge in [0.15, 0.2) is 5.82 Å². The SMILES string of the molecule is CNC1CCC(N(C)c2nc[nH]c(=O)c2N)CC1. The standard InChI is InChI=1S/C12H21N5O/c1-14-8-3-5-9(6-4-8)17(2)11-10(13)12(18)16-7-15-11/h7-9,14H,3-6,13H2,1-2H3,(H,15,16,18). The number of nitrogens with zero attached hydrogens (tertiary/aromatic N) is 2. The summed E-state index contributed by atoms with van der Waals surface area (Å²) in [5, 5.41) is 3.31. The summed E-state index contributed by atoms with van der Waals surface area (Å²) in [6.45, 7) is 0. The summed E-state index contributed by atoms with van der Waals surface area (Å²) < 4.78 is 0. The molecular weight excluding hydrogens is 230 g/mol. The Kier molecular flexibility index (Phi) is 3.86. The van der Waals surface area contributed by atoms with E-state index in [0.717, 1.165) is 25.7 Å². The molecule has 100 valence electrons. The zero-order chi connectivity index (χ0) is 13.1. The third-order valence-electron chi connectivity index (χ3n) is 3.85. The minimum Gasteiger partial charge on any atom is -0.391 e. The van der Waals surface area contributed by atoms with Gasteiger partial charge in [-0.2, -0.15) is 0 Å². The van der Waals surface area contributed by atoms with Crippen molar-refractivity contribution in [1.82, 2.24) is 15.3 Å². The van der Waals surface area contributed by atoms with Crippen molar-refractivity contribution in [1.29, 1.82) is 0 Å². The second kappa shape index (κ2) is 5.39. The predicted octanol–water partition coefficient (Wildman–Crippen LogP) is 0.319. The third-order valence-corrected chi connectivity index (χ3v) is 3.85. The lowest BCUT2D eigenvalue weighted by Crippen LogP contribution is -2.41. The fourth-order valence-corrected chi connectivity index (χ4v) is 2.61. The fraction of sp³-hybridized carbons (Fsp3) is 0.667. The van der Waals surface area contributed by atoms with Crippen LogP contribution in [0.2, 0.25) is 0 Å². The summed E-state index contributed by atoms with van der Waals surface area (Å²) in [7, 11) is 3.97. The molecule has 1 aliphatic rings. The smallest absolute Gasteiger partial charge is 0.276 e. The summed E-state index contributed by atoms with van der Waals surface area (Å²) in [6.07, 6.45) is 5.89. The molecule has 6 heteroatoms. The summed E-state index contributed by atoms with van der Waals surface area (Å²) in [6, 6.07) is 1.02. The molecule has 1 fully saturated rings. The number of nitrogen functional groups attached to an aromatic ring is 1. The topological polar surface area (TPSA) is 87.0 Å². The minimum atomic E-state index is -0.268. The van der Waals surface area contributed by atoms with E-state index in [9.17, 15) is 4.79 Å². The van der Waals surface area contributed by atoms with Crippen molar-refractivity contribution in [3.63, 3.8) is 0 Å². The summed E-state index contributed by atoms with van der Waals surface area (Å²) in [5.41, 5.74) is 5.72. The second-order valence-electron chi connectivity index (χ2n) is 4.87. The molecule has 1 aromatic rings. The van der Waals surface area contributed by atoms with Gasteiger partial charge >= 0.3 is 0 Å². The van der Waals surface area contributed by atoms with E-state index in [-0.39, 0.29) is 11.2 Å². The molecule has 4 N–H and O–H groups in total. The molecule has 2 rings (SSSR count). The van der Waals surface area contributed by atoms with Crippen LogP contribution >= 0.6 is 0 Å². The van der Waals surface area contributed by atoms with Crippen LogP contribution in [0.5, 0.6) is 0 Å². The first-order valence-electron chi connectivity index (χ1n) is 6.36. The van der Waals surface area contributed by atoms with Crippen LogP contribution in [0.1, 0.15) is 25.7 Å². The van der Waals surface area contributed by atoms with E-state index >= 15 is 0 Å². The lowest BCUT2D eigenvalue weighted by Gasteiger charge is -2.35. The van der Waals surface area contributed by atoms with Crippen molar-refractivity contribution in [2.45, 2.75) is 37.8 Å². The number of rotatable bonds is 3. The van der Waals surface area contributed by atoms with Gasteiger partial charge in [0.25, 0.3) is 5.56 Å². The van der Waals surface area contributed by atoms with Gasteiger partial charge in [-0.15, -0.1) is 0 Å². The summed E-state index contributed by atoms with van der Waals surface area (Å²) >= 11 is 0. The maximum Gasteiger partial charge on any atom is 0.276 e. The Labute approximate surface area is 107 Å². The van der Waals surface area contributed by atoms with Crippen LogP contribution in [0, 0.1) is 0 Å². The van der Waals surface area contributed by atoms with Gasteiger partial charge in [0.05, 0.1) is 6.33 Å². The molecule has 1 heterocycles. The van der Waals surface area contributed by atoms with Crippen molar-refractivity contribution in [3.8, 4) is 0 Å². The molecule has 0 aromatic carbocycles. The van der Waals surface area contributed by atoms with Crippen LogP contribution in [-0.2, 0) is 0 Å². The van der Waals surface area contributed by atoms with E-state index in [1.807, 2.05) is 19.0 Å². The first kappa shape index (κ1) is 12.9. The molecule has 0 unspecified atom stereocenters. The van der Waals surface area contributed by atoms with E-state index in [1.165, 1.54) is 6.33 Å². The first-order chi connectivity index (χ1) is 8.63. The molecule has 0 atom stereocenters. The highest BCUT2D eigenvalue weighted by Gasteiger charge is 2.25. The Morgan fingerprint density at radius 2 is 2.11 bits per heavy atom. The average molecular weight is 251 g/mol. The highest BCUT2D eigenvalue weighted by molar-refractivity contribution is 5.60. The molecule has 0 bridgehead atoms. The molecule has 0 aliphatic heterocycles. The molecule has 1 aromatic heterocycles. The van der Waals surface area contributed by atoms with Crippen LogP contribution in [0.4, 0.5) is 11.5 Å². The highest BCUT2D eigenvalue weighted by atomic mass is 16.1. The number of hydrogen-bond donors (Lipinski definition) is 3. The second-order valence-corrected chi connectivity index (χ2v) is 4.87. The molecule has 0 spiro atoms. The largest absolute Gasteiger partial charge is 0.391 e. The number of hydrogen-bond acceptors (Lipinski definition) is 5. The Balaban J connectivity index is 2.10. The Morgan fingerprint density at radius 3 is 2.72 bits per heavy atom. The van der Waals surface area contributed by atoms with Gasteiger partial charge in [0.1, 0.15) is 5.69 Å².